The van der Waals surface area contributed by atoms with E-state index in [9.17, 15) is 18.0 Å². The van der Waals surface area contributed by atoms with Crippen LogP contribution >= 0.6 is 0 Å². The molecule has 202 valence electrons. The van der Waals surface area contributed by atoms with Crippen molar-refractivity contribution in [1.82, 2.24) is 10.2 Å². The van der Waals surface area contributed by atoms with E-state index in [4.69, 9.17) is 0 Å². The third kappa shape index (κ3) is 7.01. The fourth-order valence-electron chi connectivity index (χ4n) is 3.96. The van der Waals surface area contributed by atoms with E-state index in [1.165, 1.54) is 17.0 Å². The molecule has 0 saturated heterocycles. The highest BCUT2D eigenvalue weighted by molar-refractivity contribution is 7.92. The Morgan fingerprint density at radius 2 is 1.47 bits per heavy atom. The summed E-state index contributed by atoms with van der Waals surface area (Å²) in [6.07, 6.45) is 0.751. The highest BCUT2D eigenvalue weighted by Crippen LogP contribution is 2.26. The standard InChI is InChI=1S/C30H37N3O4S/c1-6-24(4)31-30(35)25(5)32(20-26-13-9-7-10-14-26)29(34)21-33(27-18-17-22(2)23(3)19-27)38(36,37)28-15-11-8-12-16-28/h7-19,24-25H,6,20-21H2,1-5H3,(H,31,35)/t24-,25+/m1/s1. The first-order chi connectivity index (χ1) is 18.0. The second-order valence-corrected chi connectivity index (χ2v) is 11.5. The van der Waals surface area contributed by atoms with Crippen molar-refractivity contribution in [2.45, 2.75) is 64.6 Å². The molecule has 7 nitrogen and oxygen atoms in total. The Balaban J connectivity index is 2.02. The Morgan fingerprint density at radius 1 is 0.868 bits per heavy atom. The van der Waals surface area contributed by atoms with Gasteiger partial charge in [-0.3, -0.25) is 13.9 Å². The molecule has 0 aliphatic carbocycles. The molecule has 0 aliphatic heterocycles. The van der Waals surface area contributed by atoms with Crippen molar-refractivity contribution in [2.75, 3.05) is 10.8 Å². The third-order valence-electron chi connectivity index (χ3n) is 6.75. The molecule has 38 heavy (non-hydrogen) atoms. The number of hydrogen-bond donors (Lipinski definition) is 1. The van der Waals surface area contributed by atoms with E-state index in [0.717, 1.165) is 27.4 Å². The van der Waals surface area contributed by atoms with Crippen molar-refractivity contribution in [1.29, 1.82) is 0 Å². The Kier molecular flexibility index (Phi) is 9.69. The van der Waals surface area contributed by atoms with Crippen LogP contribution in [0.1, 0.15) is 43.9 Å². The molecule has 3 aromatic rings. The zero-order chi connectivity index (χ0) is 27.9. The summed E-state index contributed by atoms with van der Waals surface area (Å²) < 4.78 is 28.8. The van der Waals surface area contributed by atoms with Crippen molar-refractivity contribution in [3.63, 3.8) is 0 Å². The number of anilines is 1. The molecule has 0 saturated carbocycles. The van der Waals surface area contributed by atoms with Gasteiger partial charge in [-0.1, -0.05) is 61.5 Å². The quantitative estimate of drug-likeness (QED) is 0.381. The maximum atomic E-state index is 13.9. The molecular formula is C30H37N3O4S. The van der Waals surface area contributed by atoms with Gasteiger partial charge in [0, 0.05) is 12.6 Å². The molecule has 3 rings (SSSR count). The number of sulfonamides is 1. The first kappa shape index (κ1) is 28.9. The van der Waals surface area contributed by atoms with E-state index in [2.05, 4.69) is 5.32 Å². The van der Waals surface area contributed by atoms with E-state index < -0.39 is 28.5 Å². The smallest absolute Gasteiger partial charge is 0.264 e. The molecule has 2 atom stereocenters. The number of aryl methyl sites for hydroxylation is 2. The highest BCUT2D eigenvalue weighted by atomic mass is 32.2. The summed E-state index contributed by atoms with van der Waals surface area (Å²) >= 11 is 0. The predicted octanol–water partition coefficient (Wildman–Crippen LogP) is 4.83. The lowest BCUT2D eigenvalue weighted by Crippen LogP contribution is -2.52. The van der Waals surface area contributed by atoms with E-state index >= 15 is 0 Å². The molecule has 0 unspecified atom stereocenters. The zero-order valence-electron chi connectivity index (χ0n) is 22.7. The number of amides is 2. The fraction of sp³-hybridized carbons (Fsp3) is 0.333. The molecule has 0 bridgehead atoms. The summed E-state index contributed by atoms with van der Waals surface area (Å²) in [5.41, 5.74) is 3.15. The summed E-state index contributed by atoms with van der Waals surface area (Å²) in [4.78, 5) is 28.5. The van der Waals surface area contributed by atoms with Crippen LogP contribution in [-0.2, 0) is 26.2 Å². The van der Waals surface area contributed by atoms with Gasteiger partial charge in [0.25, 0.3) is 10.0 Å². The van der Waals surface area contributed by atoms with Crippen LogP contribution < -0.4 is 9.62 Å². The van der Waals surface area contributed by atoms with Gasteiger partial charge in [0.05, 0.1) is 10.6 Å². The second-order valence-electron chi connectivity index (χ2n) is 9.59. The fourth-order valence-corrected chi connectivity index (χ4v) is 5.38. The van der Waals surface area contributed by atoms with Crippen LogP contribution in [0.2, 0.25) is 0 Å². The van der Waals surface area contributed by atoms with Gasteiger partial charge in [-0.2, -0.15) is 0 Å². The third-order valence-corrected chi connectivity index (χ3v) is 8.54. The first-order valence-corrected chi connectivity index (χ1v) is 14.3. The van der Waals surface area contributed by atoms with E-state index in [-0.39, 0.29) is 23.4 Å². The SMILES string of the molecule is CC[C@@H](C)NC(=O)[C@H](C)N(Cc1ccccc1)C(=O)CN(c1ccc(C)c(C)c1)S(=O)(=O)c1ccccc1. The van der Waals surface area contributed by atoms with Crippen molar-refractivity contribution in [3.8, 4) is 0 Å². The van der Waals surface area contributed by atoms with Crippen molar-refractivity contribution in [3.05, 3.63) is 95.6 Å². The minimum absolute atomic E-state index is 0.0517. The number of nitrogens with one attached hydrogen (secondary N) is 1. The average Bonchev–Trinajstić information content (AvgIpc) is 2.92. The summed E-state index contributed by atoms with van der Waals surface area (Å²) in [5, 5.41) is 2.94. The molecule has 0 fully saturated rings. The molecule has 0 aliphatic rings. The molecular weight excluding hydrogens is 498 g/mol. The molecule has 1 N–H and O–H groups in total. The number of rotatable bonds is 11. The average molecular weight is 536 g/mol. The maximum Gasteiger partial charge on any atom is 0.264 e. The van der Waals surface area contributed by atoms with E-state index in [0.29, 0.717) is 5.69 Å². The van der Waals surface area contributed by atoms with Gasteiger partial charge < -0.3 is 10.2 Å². The summed E-state index contributed by atoms with van der Waals surface area (Å²) in [6, 6.07) is 21.9. The van der Waals surface area contributed by atoms with Crippen molar-refractivity contribution < 1.29 is 18.0 Å². The zero-order valence-corrected chi connectivity index (χ0v) is 23.5. The molecule has 0 radical (unpaired) electrons. The van der Waals surface area contributed by atoms with Gasteiger partial charge in [-0.25, -0.2) is 8.42 Å². The number of benzene rings is 3. The van der Waals surface area contributed by atoms with Gasteiger partial charge >= 0.3 is 0 Å². The van der Waals surface area contributed by atoms with Crippen LogP contribution in [0.4, 0.5) is 5.69 Å². The Morgan fingerprint density at radius 3 is 2.05 bits per heavy atom. The Labute approximate surface area is 226 Å². The predicted molar refractivity (Wildman–Crippen MR) is 151 cm³/mol. The lowest BCUT2D eigenvalue weighted by Gasteiger charge is -2.32. The van der Waals surface area contributed by atoms with Gasteiger partial charge in [-0.15, -0.1) is 0 Å². The molecule has 2 amide bonds. The number of nitrogens with zero attached hydrogens (tertiary/aromatic N) is 2. The first-order valence-electron chi connectivity index (χ1n) is 12.8. The molecule has 0 aromatic heterocycles. The number of carbonyl (C=O) groups is 2. The largest absolute Gasteiger partial charge is 0.352 e. The van der Waals surface area contributed by atoms with Crippen LogP contribution in [-0.4, -0.2) is 43.8 Å². The second kappa shape index (κ2) is 12.7. The molecule has 8 heteroatoms. The number of hydrogen-bond acceptors (Lipinski definition) is 4. The lowest BCUT2D eigenvalue weighted by molar-refractivity contribution is -0.139. The summed E-state index contributed by atoms with van der Waals surface area (Å²) in [5.74, 6) is -0.759. The Hall–Kier alpha value is -3.65. The normalized spacial score (nSPS) is 12.9. The van der Waals surface area contributed by atoms with Crippen molar-refractivity contribution in [2.24, 2.45) is 0 Å². The maximum absolute atomic E-state index is 13.9. The lowest BCUT2D eigenvalue weighted by atomic mass is 10.1. The molecule has 3 aromatic carbocycles. The minimum atomic E-state index is -4.07. The topological polar surface area (TPSA) is 86.8 Å². The van der Waals surface area contributed by atoms with Crippen LogP contribution in [0, 0.1) is 13.8 Å². The van der Waals surface area contributed by atoms with Gasteiger partial charge in [0.15, 0.2) is 0 Å². The van der Waals surface area contributed by atoms with Gasteiger partial charge in [0.1, 0.15) is 12.6 Å². The van der Waals surface area contributed by atoms with Crippen LogP contribution in [0.15, 0.2) is 83.8 Å². The minimum Gasteiger partial charge on any atom is -0.352 e. The van der Waals surface area contributed by atoms with Crippen LogP contribution in [0.3, 0.4) is 0 Å². The van der Waals surface area contributed by atoms with Crippen LogP contribution in [0.5, 0.6) is 0 Å². The highest BCUT2D eigenvalue weighted by Gasteiger charge is 2.32. The van der Waals surface area contributed by atoms with Crippen molar-refractivity contribution >= 4 is 27.5 Å². The summed E-state index contributed by atoms with van der Waals surface area (Å²) in [6.45, 7) is 9.11. The summed E-state index contributed by atoms with van der Waals surface area (Å²) in [7, 11) is -4.07. The number of carbonyl (C=O) groups excluding carboxylic acids is 2. The Bertz CT molecular complexity index is 1340. The van der Waals surface area contributed by atoms with Crippen LogP contribution in [0.25, 0.3) is 0 Å². The monoisotopic (exact) mass is 535 g/mol. The van der Waals surface area contributed by atoms with Gasteiger partial charge in [0.2, 0.25) is 11.8 Å². The van der Waals surface area contributed by atoms with E-state index in [1.54, 1.807) is 37.3 Å². The van der Waals surface area contributed by atoms with E-state index in [1.807, 2.05) is 64.1 Å². The molecule has 0 heterocycles. The van der Waals surface area contributed by atoms with Gasteiger partial charge in [-0.05, 0) is 75.1 Å². The molecule has 0 spiro atoms.